The predicted molar refractivity (Wildman–Crippen MR) is 97.4 cm³/mol. The van der Waals surface area contributed by atoms with E-state index in [1.165, 1.54) is 5.01 Å². The summed E-state index contributed by atoms with van der Waals surface area (Å²) in [4.78, 5) is 22.0. The standard InChI is InChI=1S/C16H25N7S/c1-10-9-24-14(18-10)12-5-7-23(8-6-12)11(2)13-19-15(17)21-16(20-13)22(3)4/h9,11-12H,5-8H2,1-4H3,(H2,17,19,20,21). The smallest absolute Gasteiger partial charge is 0.229 e. The van der Waals surface area contributed by atoms with Crippen molar-refractivity contribution in [1.82, 2.24) is 24.8 Å². The zero-order valence-corrected chi connectivity index (χ0v) is 15.5. The highest BCUT2D eigenvalue weighted by Crippen LogP contribution is 2.33. The van der Waals surface area contributed by atoms with Gasteiger partial charge in [0.25, 0.3) is 0 Å². The number of aromatic nitrogens is 4. The van der Waals surface area contributed by atoms with Crippen molar-refractivity contribution in [1.29, 1.82) is 0 Å². The molecule has 0 aliphatic carbocycles. The average molecular weight is 347 g/mol. The van der Waals surface area contributed by atoms with E-state index < -0.39 is 0 Å². The maximum Gasteiger partial charge on any atom is 0.229 e. The lowest BCUT2D eigenvalue weighted by Gasteiger charge is -2.34. The van der Waals surface area contributed by atoms with Crippen LogP contribution in [0.15, 0.2) is 5.38 Å². The number of nitrogens with zero attached hydrogens (tertiary/aromatic N) is 6. The molecule has 0 spiro atoms. The molecular formula is C16H25N7S. The van der Waals surface area contributed by atoms with E-state index in [-0.39, 0.29) is 12.0 Å². The third-order valence-corrected chi connectivity index (χ3v) is 5.62. The molecule has 0 bridgehead atoms. The van der Waals surface area contributed by atoms with Crippen LogP contribution in [0.3, 0.4) is 0 Å². The van der Waals surface area contributed by atoms with Gasteiger partial charge in [0.15, 0.2) is 5.82 Å². The number of rotatable bonds is 4. The molecule has 1 saturated heterocycles. The van der Waals surface area contributed by atoms with Crippen molar-refractivity contribution in [3.05, 3.63) is 21.9 Å². The van der Waals surface area contributed by atoms with Crippen LogP contribution in [0.2, 0.25) is 0 Å². The summed E-state index contributed by atoms with van der Waals surface area (Å²) in [5.41, 5.74) is 6.98. The van der Waals surface area contributed by atoms with Crippen molar-refractivity contribution < 1.29 is 0 Å². The first-order valence-corrected chi connectivity index (χ1v) is 9.17. The van der Waals surface area contributed by atoms with Crippen LogP contribution in [-0.4, -0.2) is 52.0 Å². The quantitative estimate of drug-likeness (QED) is 0.908. The third-order valence-electron chi connectivity index (χ3n) is 4.50. The van der Waals surface area contributed by atoms with Crippen molar-refractivity contribution in [2.75, 3.05) is 37.8 Å². The molecule has 0 aromatic carbocycles. The van der Waals surface area contributed by atoms with Gasteiger partial charge in [-0.15, -0.1) is 11.3 Å². The number of nitrogens with two attached hydrogens (primary N) is 1. The minimum absolute atomic E-state index is 0.132. The molecule has 1 aliphatic heterocycles. The molecule has 1 fully saturated rings. The van der Waals surface area contributed by atoms with Crippen LogP contribution in [0.25, 0.3) is 0 Å². The van der Waals surface area contributed by atoms with Crippen molar-refractivity contribution in [2.45, 2.75) is 38.6 Å². The Morgan fingerprint density at radius 2 is 1.92 bits per heavy atom. The van der Waals surface area contributed by atoms with Gasteiger partial charge in [-0.25, -0.2) is 4.98 Å². The Balaban J connectivity index is 1.68. The lowest BCUT2D eigenvalue weighted by atomic mass is 9.96. The number of nitrogen functional groups attached to an aromatic ring is 1. The first-order chi connectivity index (χ1) is 11.4. The molecule has 7 nitrogen and oxygen atoms in total. The molecule has 130 valence electrons. The summed E-state index contributed by atoms with van der Waals surface area (Å²) in [5.74, 6) is 2.21. The Labute approximate surface area is 147 Å². The van der Waals surface area contributed by atoms with E-state index in [9.17, 15) is 0 Å². The van der Waals surface area contributed by atoms with Crippen LogP contribution in [0, 0.1) is 6.92 Å². The molecule has 8 heteroatoms. The van der Waals surface area contributed by atoms with Gasteiger partial charge in [0.2, 0.25) is 11.9 Å². The summed E-state index contributed by atoms with van der Waals surface area (Å²) in [6.45, 7) is 6.24. The number of likely N-dealkylation sites (tertiary alicyclic amines) is 1. The van der Waals surface area contributed by atoms with Gasteiger partial charge in [0.1, 0.15) is 0 Å². The van der Waals surface area contributed by atoms with E-state index in [1.807, 2.05) is 19.0 Å². The largest absolute Gasteiger partial charge is 0.368 e. The first-order valence-electron chi connectivity index (χ1n) is 8.29. The number of hydrogen-bond acceptors (Lipinski definition) is 8. The predicted octanol–water partition coefficient (Wildman–Crippen LogP) is 2.23. The fourth-order valence-corrected chi connectivity index (χ4v) is 4.01. The molecule has 1 atom stereocenters. The van der Waals surface area contributed by atoms with Gasteiger partial charge in [0.05, 0.1) is 11.0 Å². The third kappa shape index (κ3) is 3.64. The molecular weight excluding hydrogens is 322 g/mol. The van der Waals surface area contributed by atoms with Gasteiger partial charge < -0.3 is 10.6 Å². The highest BCUT2D eigenvalue weighted by molar-refractivity contribution is 7.09. The van der Waals surface area contributed by atoms with Crippen LogP contribution in [0.5, 0.6) is 0 Å². The number of aryl methyl sites for hydroxylation is 1. The lowest BCUT2D eigenvalue weighted by molar-refractivity contribution is 0.156. The minimum atomic E-state index is 0.132. The second kappa shape index (κ2) is 6.98. The first kappa shape index (κ1) is 17.0. The molecule has 3 heterocycles. The van der Waals surface area contributed by atoms with E-state index in [4.69, 9.17) is 5.73 Å². The summed E-state index contributed by atoms with van der Waals surface area (Å²) in [7, 11) is 3.81. The normalized spacial score (nSPS) is 17.8. The molecule has 1 aliphatic rings. The highest BCUT2D eigenvalue weighted by Gasteiger charge is 2.27. The van der Waals surface area contributed by atoms with Crippen LogP contribution >= 0.6 is 11.3 Å². The fourth-order valence-electron chi connectivity index (χ4n) is 3.04. The topological polar surface area (TPSA) is 84.1 Å². The molecule has 1 unspecified atom stereocenters. The zero-order chi connectivity index (χ0) is 17.3. The second-order valence-corrected chi connectivity index (χ2v) is 7.45. The molecule has 0 amide bonds. The van der Waals surface area contributed by atoms with E-state index in [2.05, 4.69) is 44.1 Å². The Morgan fingerprint density at radius 1 is 1.21 bits per heavy atom. The summed E-state index contributed by atoms with van der Waals surface area (Å²) < 4.78 is 0. The summed E-state index contributed by atoms with van der Waals surface area (Å²) in [6.07, 6.45) is 2.25. The van der Waals surface area contributed by atoms with E-state index in [1.54, 1.807) is 11.3 Å². The van der Waals surface area contributed by atoms with Gasteiger partial charge >= 0.3 is 0 Å². The van der Waals surface area contributed by atoms with Crippen LogP contribution in [0.4, 0.5) is 11.9 Å². The summed E-state index contributed by atoms with van der Waals surface area (Å²) in [5, 5.41) is 3.42. The van der Waals surface area contributed by atoms with Gasteiger partial charge in [-0.2, -0.15) is 15.0 Å². The van der Waals surface area contributed by atoms with Crippen molar-refractivity contribution in [2.24, 2.45) is 0 Å². The maximum absolute atomic E-state index is 5.85. The number of anilines is 2. The highest BCUT2D eigenvalue weighted by atomic mass is 32.1. The minimum Gasteiger partial charge on any atom is -0.368 e. The second-order valence-electron chi connectivity index (χ2n) is 6.56. The molecule has 2 aromatic rings. The molecule has 0 radical (unpaired) electrons. The molecule has 24 heavy (non-hydrogen) atoms. The Bertz CT molecular complexity index is 691. The van der Waals surface area contributed by atoms with Gasteiger partial charge in [0, 0.05) is 31.1 Å². The van der Waals surface area contributed by atoms with Crippen molar-refractivity contribution in [3.63, 3.8) is 0 Å². The van der Waals surface area contributed by atoms with Gasteiger partial charge in [-0.1, -0.05) is 0 Å². The van der Waals surface area contributed by atoms with Crippen LogP contribution in [-0.2, 0) is 0 Å². The Hall–Kier alpha value is -1.80. The maximum atomic E-state index is 5.85. The van der Waals surface area contributed by atoms with Gasteiger partial charge in [-0.3, -0.25) is 4.90 Å². The zero-order valence-electron chi connectivity index (χ0n) is 14.7. The summed E-state index contributed by atoms with van der Waals surface area (Å²) >= 11 is 1.78. The van der Waals surface area contributed by atoms with Gasteiger partial charge in [-0.05, 0) is 39.8 Å². The van der Waals surface area contributed by atoms with Crippen LogP contribution in [0.1, 0.15) is 48.3 Å². The Morgan fingerprint density at radius 3 is 2.50 bits per heavy atom. The SMILES string of the molecule is Cc1csc(C2CCN(C(C)c3nc(N)nc(N(C)C)n3)CC2)n1. The number of thiazole rings is 1. The summed E-state index contributed by atoms with van der Waals surface area (Å²) in [6, 6.07) is 0.132. The lowest BCUT2D eigenvalue weighted by Crippen LogP contribution is -2.36. The molecule has 0 saturated carbocycles. The molecule has 2 aromatic heterocycles. The molecule has 2 N–H and O–H groups in total. The molecule has 3 rings (SSSR count). The van der Waals surface area contributed by atoms with E-state index >= 15 is 0 Å². The van der Waals surface area contributed by atoms with E-state index in [0.29, 0.717) is 11.9 Å². The Kier molecular flexibility index (Phi) is 4.96. The monoisotopic (exact) mass is 347 g/mol. The van der Waals surface area contributed by atoms with Crippen molar-refractivity contribution in [3.8, 4) is 0 Å². The van der Waals surface area contributed by atoms with E-state index in [0.717, 1.165) is 37.4 Å². The fraction of sp³-hybridized carbons (Fsp3) is 0.625. The number of hydrogen-bond donors (Lipinski definition) is 1. The number of piperidine rings is 1. The van der Waals surface area contributed by atoms with Crippen molar-refractivity contribution >= 4 is 23.2 Å². The average Bonchev–Trinajstić information content (AvgIpc) is 3.00. The van der Waals surface area contributed by atoms with Crippen LogP contribution < -0.4 is 10.6 Å².